The molecule has 1 aliphatic carbocycles. The predicted octanol–water partition coefficient (Wildman–Crippen LogP) is 4.82. The van der Waals surface area contributed by atoms with Crippen LogP contribution in [0.1, 0.15) is 31.8 Å². The monoisotopic (exact) mass is 361 g/mol. The SMILES string of the molecule is CN(Cc1ccccc1Cl)C(=O)c1ccc2c(c1)C(=O)c1ccccc1-2. The van der Waals surface area contributed by atoms with E-state index < -0.39 is 0 Å². The first kappa shape index (κ1) is 16.6. The van der Waals surface area contributed by atoms with Crippen molar-refractivity contribution in [3.05, 3.63) is 94.0 Å². The van der Waals surface area contributed by atoms with E-state index >= 15 is 0 Å². The molecule has 0 aliphatic heterocycles. The highest BCUT2D eigenvalue weighted by atomic mass is 35.5. The smallest absolute Gasteiger partial charge is 0.253 e. The third-order valence-corrected chi connectivity index (χ3v) is 5.05. The number of benzene rings is 3. The molecule has 0 atom stereocenters. The van der Waals surface area contributed by atoms with Gasteiger partial charge < -0.3 is 4.90 Å². The van der Waals surface area contributed by atoms with E-state index in [0.717, 1.165) is 16.7 Å². The summed E-state index contributed by atoms with van der Waals surface area (Å²) in [5, 5.41) is 0.631. The van der Waals surface area contributed by atoms with E-state index in [4.69, 9.17) is 11.6 Å². The molecule has 0 N–H and O–H groups in total. The summed E-state index contributed by atoms with van der Waals surface area (Å²) in [4.78, 5) is 27.0. The third kappa shape index (κ3) is 2.71. The summed E-state index contributed by atoms with van der Waals surface area (Å²) in [5.74, 6) is -0.171. The summed E-state index contributed by atoms with van der Waals surface area (Å²) in [7, 11) is 1.73. The molecule has 4 rings (SSSR count). The highest BCUT2D eigenvalue weighted by molar-refractivity contribution is 6.31. The molecule has 3 aromatic carbocycles. The van der Waals surface area contributed by atoms with Crippen molar-refractivity contribution in [3.63, 3.8) is 0 Å². The van der Waals surface area contributed by atoms with Crippen molar-refractivity contribution >= 4 is 23.3 Å². The van der Waals surface area contributed by atoms with Crippen LogP contribution >= 0.6 is 11.6 Å². The van der Waals surface area contributed by atoms with Crippen molar-refractivity contribution in [3.8, 4) is 11.1 Å². The molecule has 128 valence electrons. The lowest BCUT2D eigenvalue weighted by molar-refractivity contribution is 0.0785. The lowest BCUT2D eigenvalue weighted by atomic mass is 10.0. The van der Waals surface area contributed by atoms with Crippen molar-refractivity contribution in [1.82, 2.24) is 4.90 Å². The van der Waals surface area contributed by atoms with E-state index in [-0.39, 0.29) is 11.7 Å². The van der Waals surface area contributed by atoms with Crippen LogP contribution in [-0.2, 0) is 6.54 Å². The number of nitrogens with zero attached hydrogens (tertiary/aromatic N) is 1. The minimum Gasteiger partial charge on any atom is -0.337 e. The van der Waals surface area contributed by atoms with Crippen LogP contribution < -0.4 is 0 Å². The Kier molecular flexibility index (Phi) is 4.09. The number of carbonyl (C=O) groups is 2. The van der Waals surface area contributed by atoms with Crippen molar-refractivity contribution in [2.45, 2.75) is 6.54 Å². The fourth-order valence-electron chi connectivity index (χ4n) is 3.34. The summed E-state index contributed by atoms with van der Waals surface area (Å²) >= 11 is 6.18. The van der Waals surface area contributed by atoms with Crippen LogP contribution in [0.2, 0.25) is 5.02 Å². The molecule has 3 aromatic rings. The first-order valence-electron chi connectivity index (χ1n) is 8.33. The van der Waals surface area contributed by atoms with E-state index in [0.29, 0.717) is 28.3 Å². The molecule has 4 heteroatoms. The molecule has 0 aromatic heterocycles. The molecule has 0 spiro atoms. The van der Waals surface area contributed by atoms with Crippen LogP contribution in [0.25, 0.3) is 11.1 Å². The van der Waals surface area contributed by atoms with E-state index in [2.05, 4.69) is 0 Å². The van der Waals surface area contributed by atoms with Crippen LogP contribution in [0, 0.1) is 0 Å². The van der Waals surface area contributed by atoms with Gasteiger partial charge in [-0.25, -0.2) is 0 Å². The first-order valence-corrected chi connectivity index (χ1v) is 8.71. The number of hydrogen-bond donors (Lipinski definition) is 0. The van der Waals surface area contributed by atoms with Gasteiger partial charge in [-0.05, 0) is 34.9 Å². The van der Waals surface area contributed by atoms with E-state index in [1.807, 2.05) is 48.5 Å². The van der Waals surface area contributed by atoms with Gasteiger partial charge in [0, 0.05) is 35.3 Å². The van der Waals surface area contributed by atoms with Gasteiger partial charge >= 0.3 is 0 Å². The number of fused-ring (bicyclic) bond motifs is 3. The highest BCUT2D eigenvalue weighted by Gasteiger charge is 2.27. The molecule has 1 amide bonds. The standard InChI is InChI=1S/C22H16ClNO2/c1-24(13-15-6-2-5-9-20(15)23)22(26)14-10-11-17-16-7-3-4-8-18(16)21(25)19(17)12-14/h2-12H,13H2,1H3. The second-order valence-electron chi connectivity index (χ2n) is 6.39. The Hall–Kier alpha value is -2.91. The number of ketones is 1. The van der Waals surface area contributed by atoms with Crippen LogP contribution in [0.4, 0.5) is 0 Å². The van der Waals surface area contributed by atoms with Gasteiger partial charge in [0.2, 0.25) is 0 Å². The molecule has 3 nitrogen and oxygen atoms in total. The molecule has 1 aliphatic rings. The molecule has 0 radical (unpaired) electrons. The van der Waals surface area contributed by atoms with Crippen LogP contribution in [-0.4, -0.2) is 23.6 Å². The molecule has 26 heavy (non-hydrogen) atoms. The Morgan fingerprint density at radius 3 is 2.31 bits per heavy atom. The van der Waals surface area contributed by atoms with E-state index in [1.54, 1.807) is 30.1 Å². The zero-order valence-electron chi connectivity index (χ0n) is 14.2. The first-order chi connectivity index (χ1) is 12.6. The lowest BCUT2D eigenvalue weighted by Gasteiger charge is -2.18. The molecular formula is C22H16ClNO2. The minimum absolute atomic E-state index is 0.0287. The number of halogens is 1. The van der Waals surface area contributed by atoms with Gasteiger partial charge in [0.05, 0.1) is 0 Å². The molecule has 0 saturated carbocycles. The quantitative estimate of drug-likeness (QED) is 0.524. The maximum atomic E-state index is 12.8. The highest BCUT2D eigenvalue weighted by Crippen LogP contribution is 2.36. The summed E-state index contributed by atoms with van der Waals surface area (Å²) in [6, 6.07) is 20.3. The zero-order chi connectivity index (χ0) is 18.3. The van der Waals surface area contributed by atoms with Crippen molar-refractivity contribution in [2.75, 3.05) is 7.05 Å². The maximum absolute atomic E-state index is 12.8. The molecular weight excluding hydrogens is 346 g/mol. The fourth-order valence-corrected chi connectivity index (χ4v) is 3.53. The second-order valence-corrected chi connectivity index (χ2v) is 6.79. The molecule has 0 unspecified atom stereocenters. The summed E-state index contributed by atoms with van der Waals surface area (Å²) in [6.45, 7) is 0.407. The largest absolute Gasteiger partial charge is 0.337 e. The summed E-state index contributed by atoms with van der Waals surface area (Å²) < 4.78 is 0. The van der Waals surface area contributed by atoms with E-state index in [1.165, 1.54) is 0 Å². The number of amides is 1. The third-order valence-electron chi connectivity index (χ3n) is 4.69. The second kappa shape index (κ2) is 6.43. The van der Waals surface area contributed by atoms with Gasteiger partial charge in [-0.2, -0.15) is 0 Å². The van der Waals surface area contributed by atoms with Crippen LogP contribution in [0.5, 0.6) is 0 Å². The average molecular weight is 362 g/mol. The predicted molar refractivity (Wildman–Crippen MR) is 103 cm³/mol. The maximum Gasteiger partial charge on any atom is 0.253 e. The topological polar surface area (TPSA) is 37.4 Å². The Morgan fingerprint density at radius 1 is 0.885 bits per heavy atom. The van der Waals surface area contributed by atoms with E-state index in [9.17, 15) is 9.59 Å². The van der Waals surface area contributed by atoms with Gasteiger partial charge in [-0.1, -0.05) is 60.1 Å². The fraction of sp³-hybridized carbons (Fsp3) is 0.0909. The Bertz CT molecular complexity index is 1040. The van der Waals surface area contributed by atoms with Crippen molar-refractivity contribution in [1.29, 1.82) is 0 Å². The number of rotatable bonds is 3. The van der Waals surface area contributed by atoms with Gasteiger partial charge in [0.1, 0.15) is 0 Å². The van der Waals surface area contributed by atoms with Crippen LogP contribution in [0.3, 0.4) is 0 Å². The Labute approximate surface area is 156 Å². The molecule has 0 heterocycles. The van der Waals surface area contributed by atoms with Gasteiger partial charge in [-0.3, -0.25) is 9.59 Å². The zero-order valence-corrected chi connectivity index (χ0v) is 15.0. The van der Waals surface area contributed by atoms with Crippen molar-refractivity contribution < 1.29 is 9.59 Å². The van der Waals surface area contributed by atoms with Crippen molar-refractivity contribution in [2.24, 2.45) is 0 Å². The minimum atomic E-state index is -0.142. The molecule has 0 saturated heterocycles. The van der Waals surface area contributed by atoms with Gasteiger partial charge in [0.15, 0.2) is 5.78 Å². The number of hydrogen-bond acceptors (Lipinski definition) is 2. The Morgan fingerprint density at radius 2 is 1.54 bits per heavy atom. The summed E-state index contributed by atoms with van der Waals surface area (Å²) in [5.41, 5.74) is 4.47. The molecule has 0 bridgehead atoms. The van der Waals surface area contributed by atoms with Crippen LogP contribution in [0.15, 0.2) is 66.7 Å². The average Bonchev–Trinajstić information content (AvgIpc) is 2.95. The molecule has 0 fully saturated rings. The number of carbonyl (C=O) groups excluding carboxylic acids is 2. The lowest BCUT2D eigenvalue weighted by Crippen LogP contribution is -2.26. The summed E-state index contributed by atoms with van der Waals surface area (Å²) in [6.07, 6.45) is 0. The van der Waals surface area contributed by atoms with Gasteiger partial charge in [0.25, 0.3) is 5.91 Å². The Balaban J connectivity index is 1.63. The van der Waals surface area contributed by atoms with Gasteiger partial charge in [-0.15, -0.1) is 0 Å². The normalized spacial score (nSPS) is 11.8.